The Morgan fingerprint density at radius 3 is 2.33 bits per heavy atom. The number of amides is 1. The molecule has 2 fully saturated rings. The van der Waals surface area contributed by atoms with Crippen LogP contribution in [0.25, 0.3) is 0 Å². The summed E-state index contributed by atoms with van der Waals surface area (Å²) in [4.78, 5) is 18.2. The van der Waals surface area contributed by atoms with E-state index in [2.05, 4.69) is 23.1 Å². The average molecular weight is 655 g/mol. The van der Waals surface area contributed by atoms with Crippen LogP contribution in [-0.4, -0.2) is 82.5 Å². The van der Waals surface area contributed by atoms with E-state index in [1.807, 2.05) is 23.1 Å². The Kier molecular flexibility index (Phi) is 9.24. The molecule has 2 saturated heterocycles. The van der Waals surface area contributed by atoms with Crippen molar-refractivity contribution in [3.05, 3.63) is 86.9 Å². The molecule has 1 amide bonds. The summed E-state index contributed by atoms with van der Waals surface area (Å²) in [5, 5.41) is 14.2. The zero-order valence-corrected chi connectivity index (χ0v) is 27.5. The summed E-state index contributed by atoms with van der Waals surface area (Å²) in [6.45, 7) is 3.52. The standard InChI is InChI=1S/C35H39Cl2N2O6/c1-42-29-18-24(19-30(43-2)32(29)44-3)33(41)39-16-17-45-35(22-39,25-8-9-27(36)28(37)21-25)12-15-38-13-10-34(11-14-38)26-7-5-4-6-23(26)20-31(34)40/h4-9,18-19,21,31H,10-17,20,22H2,1-3H3/q-1. The van der Waals surface area contributed by atoms with Gasteiger partial charge >= 0.3 is 0 Å². The van der Waals surface area contributed by atoms with Crippen LogP contribution in [0.1, 0.15) is 46.3 Å². The maximum atomic E-state index is 14.0. The van der Waals surface area contributed by atoms with Crippen LogP contribution in [0.4, 0.5) is 0 Å². The summed E-state index contributed by atoms with van der Waals surface area (Å²) < 4.78 is 23.1. The van der Waals surface area contributed by atoms with Crippen LogP contribution in [0.2, 0.25) is 10.0 Å². The van der Waals surface area contributed by atoms with Crippen molar-refractivity contribution in [2.75, 3.05) is 60.7 Å². The minimum absolute atomic E-state index is 0.164. The highest BCUT2D eigenvalue weighted by Crippen LogP contribution is 2.46. The van der Waals surface area contributed by atoms with Crippen LogP contribution < -0.4 is 19.3 Å². The van der Waals surface area contributed by atoms with E-state index in [0.717, 1.165) is 38.0 Å². The number of fused-ring (bicyclic) bond motifs is 2. The van der Waals surface area contributed by atoms with Crippen LogP contribution in [-0.2, 0) is 22.2 Å². The zero-order chi connectivity index (χ0) is 31.8. The number of methoxy groups -OCH3 is 3. The normalized spacial score (nSPS) is 22.7. The first-order chi connectivity index (χ1) is 21.7. The van der Waals surface area contributed by atoms with Gasteiger partial charge in [0.25, 0.3) is 5.91 Å². The predicted octanol–water partition coefficient (Wildman–Crippen LogP) is 5.10. The lowest BCUT2D eigenvalue weighted by Crippen LogP contribution is -2.55. The van der Waals surface area contributed by atoms with Gasteiger partial charge in [0.05, 0.1) is 44.5 Å². The topological polar surface area (TPSA) is 83.5 Å². The first-order valence-electron chi connectivity index (χ1n) is 15.4. The highest BCUT2D eigenvalue weighted by Gasteiger charge is 2.45. The van der Waals surface area contributed by atoms with E-state index in [1.54, 1.807) is 18.2 Å². The number of hydrogen-bond acceptors (Lipinski definition) is 7. The van der Waals surface area contributed by atoms with Gasteiger partial charge in [0, 0.05) is 18.7 Å². The molecule has 3 aromatic rings. The third kappa shape index (κ3) is 5.87. The lowest BCUT2D eigenvalue weighted by atomic mass is 9.72. The number of morpholine rings is 1. The van der Waals surface area contributed by atoms with Crippen molar-refractivity contribution in [1.29, 1.82) is 0 Å². The largest absolute Gasteiger partial charge is 0.851 e. The number of likely N-dealkylation sites (tertiary alicyclic amines) is 1. The summed E-state index contributed by atoms with van der Waals surface area (Å²) in [6.07, 6.45) is 2.32. The van der Waals surface area contributed by atoms with Gasteiger partial charge in [0.1, 0.15) is 5.60 Å². The van der Waals surface area contributed by atoms with Gasteiger partial charge < -0.3 is 33.9 Å². The molecule has 0 saturated carbocycles. The van der Waals surface area contributed by atoms with Crippen molar-refractivity contribution < 1.29 is 28.8 Å². The molecule has 0 aromatic heterocycles. The van der Waals surface area contributed by atoms with Gasteiger partial charge in [-0.2, -0.15) is 0 Å². The molecule has 6 rings (SSSR count). The molecule has 2 heterocycles. The van der Waals surface area contributed by atoms with Crippen molar-refractivity contribution in [3.8, 4) is 17.2 Å². The fourth-order valence-electron chi connectivity index (χ4n) is 7.45. The number of carbonyl (C=O) groups is 1. The molecule has 0 radical (unpaired) electrons. The lowest BCUT2D eigenvalue weighted by Gasteiger charge is -2.48. The van der Waals surface area contributed by atoms with Crippen molar-refractivity contribution in [2.24, 2.45) is 0 Å². The summed E-state index contributed by atoms with van der Waals surface area (Å²) in [5.74, 6) is 1.09. The van der Waals surface area contributed by atoms with E-state index in [0.29, 0.717) is 65.4 Å². The summed E-state index contributed by atoms with van der Waals surface area (Å²) >= 11 is 12.8. The monoisotopic (exact) mass is 653 g/mol. The lowest BCUT2D eigenvalue weighted by molar-refractivity contribution is -0.436. The quantitative estimate of drug-likeness (QED) is 0.335. The number of carbonyl (C=O) groups excluding carboxylic acids is 1. The van der Waals surface area contributed by atoms with E-state index in [-0.39, 0.29) is 11.3 Å². The minimum atomic E-state index is -0.807. The Morgan fingerprint density at radius 2 is 1.67 bits per heavy atom. The Bertz CT molecular complexity index is 1530. The van der Waals surface area contributed by atoms with Crippen LogP contribution in [0.15, 0.2) is 54.6 Å². The van der Waals surface area contributed by atoms with E-state index in [4.69, 9.17) is 42.1 Å². The number of hydrogen-bond donors (Lipinski definition) is 0. The molecule has 3 aliphatic rings. The Hall–Kier alpha value is -3.01. The second kappa shape index (κ2) is 13.0. The van der Waals surface area contributed by atoms with Gasteiger partial charge in [-0.3, -0.25) is 4.79 Å². The highest BCUT2D eigenvalue weighted by atomic mass is 35.5. The molecule has 0 N–H and O–H groups in total. The van der Waals surface area contributed by atoms with Gasteiger partial charge in [0.15, 0.2) is 11.5 Å². The third-order valence-electron chi connectivity index (χ3n) is 9.99. The van der Waals surface area contributed by atoms with Gasteiger partial charge in [-0.15, -0.1) is 6.10 Å². The van der Waals surface area contributed by atoms with Crippen molar-refractivity contribution >= 4 is 29.1 Å². The summed E-state index contributed by atoms with van der Waals surface area (Å²) in [7, 11) is 4.59. The van der Waals surface area contributed by atoms with E-state index in [1.165, 1.54) is 32.5 Å². The number of piperidine rings is 1. The van der Waals surface area contributed by atoms with Gasteiger partial charge in [-0.1, -0.05) is 53.5 Å². The molecule has 0 bridgehead atoms. The first kappa shape index (κ1) is 32.0. The third-order valence-corrected chi connectivity index (χ3v) is 10.7. The van der Waals surface area contributed by atoms with Crippen molar-refractivity contribution in [1.82, 2.24) is 9.80 Å². The van der Waals surface area contributed by atoms with E-state index < -0.39 is 11.7 Å². The van der Waals surface area contributed by atoms with Gasteiger partial charge in [-0.25, -0.2) is 0 Å². The van der Waals surface area contributed by atoms with Crippen LogP contribution in [0.3, 0.4) is 0 Å². The van der Waals surface area contributed by atoms with Gasteiger partial charge in [-0.05, 0) is 85.1 Å². The summed E-state index contributed by atoms with van der Waals surface area (Å²) in [5.41, 5.74) is 2.65. The molecule has 240 valence electrons. The fourth-order valence-corrected chi connectivity index (χ4v) is 7.75. The number of ether oxygens (including phenoxy) is 4. The van der Waals surface area contributed by atoms with Crippen molar-refractivity contribution in [3.63, 3.8) is 0 Å². The SMILES string of the molecule is COc1cc(C(=O)N2CCOC(CCN3CCC4(CC3)c3ccccc3CC4[O-])(c3ccc(Cl)c(Cl)c3)C2)cc(OC)c1OC. The smallest absolute Gasteiger partial charge is 0.254 e. The van der Waals surface area contributed by atoms with E-state index >= 15 is 0 Å². The number of nitrogens with zero attached hydrogens (tertiary/aromatic N) is 2. The maximum Gasteiger partial charge on any atom is 0.254 e. The molecule has 10 heteroatoms. The molecule has 2 aliphatic heterocycles. The van der Waals surface area contributed by atoms with E-state index in [9.17, 15) is 9.90 Å². The number of benzene rings is 3. The van der Waals surface area contributed by atoms with Crippen molar-refractivity contribution in [2.45, 2.75) is 42.8 Å². The Balaban J connectivity index is 1.23. The molecule has 1 aliphatic carbocycles. The maximum absolute atomic E-state index is 14.0. The minimum Gasteiger partial charge on any atom is -0.851 e. The van der Waals surface area contributed by atoms with Crippen LogP contribution in [0.5, 0.6) is 17.2 Å². The van der Waals surface area contributed by atoms with Crippen LogP contribution in [0, 0.1) is 0 Å². The molecule has 45 heavy (non-hydrogen) atoms. The first-order valence-corrected chi connectivity index (χ1v) is 16.1. The Labute approximate surface area is 274 Å². The molecule has 3 aromatic carbocycles. The molecule has 8 nitrogen and oxygen atoms in total. The zero-order valence-electron chi connectivity index (χ0n) is 25.9. The number of halogens is 2. The number of rotatable bonds is 8. The van der Waals surface area contributed by atoms with Crippen LogP contribution >= 0.6 is 23.2 Å². The average Bonchev–Trinajstić information content (AvgIpc) is 3.34. The predicted molar refractivity (Wildman–Crippen MR) is 172 cm³/mol. The molecule has 2 atom stereocenters. The Morgan fingerprint density at radius 1 is 0.956 bits per heavy atom. The summed E-state index contributed by atoms with van der Waals surface area (Å²) in [6, 6.07) is 17.2. The second-order valence-electron chi connectivity index (χ2n) is 12.2. The second-order valence-corrected chi connectivity index (χ2v) is 13.0. The van der Waals surface area contributed by atoms with Gasteiger partial charge in [0.2, 0.25) is 5.75 Å². The molecule has 1 spiro atoms. The molecular weight excluding hydrogens is 615 g/mol. The molecule has 2 unspecified atom stereocenters. The fraction of sp³-hybridized carbons (Fsp3) is 0.457. The highest BCUT2D eigenvalue weighted by molar-refractivity contribution is 6.42. The molecular formula is C35H39Cl2N2O6-.